The lowest BCUT2D eigenvalue weighted by molar-refractivity contribution is 0.854. The van der Waals surface area contributed by atoms with Crippen molar-refractivity contribution in [2.75, 3.05) is 4.90 Å². The maximum atomic E-state index is 2.45. The van der Waals surface area contributed by atoms with Gasteiger partial charge in [-0.1, -0.05) is 200 Å². The Morgan fingerprint density at radius 3 is 1.85 bits per heavy atom. The number of hydrogen-bond acceptors (Lipinski definition) is 1. The highest BCUT2D eigenvalue weighted by Gasteiger charge is 2.21. The summed E-state index contributed by atoms with van der Waals surface area (Å²) in [5, 5.41) is 10.0. The summed E-state index contributed by atoms with van der Waals surface area (Å²) < 4.78 is 2.45. The number of nitrogens with zero attached hydrogens (tertiary/aromatic N) is 2. The topological polar surface area (TPSA) is 8.17 Å². The van der Waals surface area contributed by atoms with Crippen LogP contribution in [0.25, 0.3) is 93.2 Å². The molecule has 0 saturated heterocycles. The molecule has 0 bridgehead atoms. The Bertz CT molecular complexity index is 3930. The third-order valence-electron chi connectivity index (χ3n) is 14.1. The molecule has 12 aromatic rings. The van der Waals surface area contributed by atoms with Crippen molar-refractivity contribution >= 4 is 71.2 Å². The number of anilines is 3. The first-order chi connectivity index (χ1) is 33.7. The van der Waals surface area contributed by atoms with Crippen LogP contribution in [0.5, 0.6) is 0 Å². The van der Waals surface area contributed by atoms with Gasteiger partial charge in [-0.3, -0.25) is 0 Å². The van der Waals surface area contributed by atoms with E-state index in [-0.39, 0.29) is 0 Å². The van der Waals surface area contributed by atoms with Gasteiger partial charge in [-0.25, -0.2) is 0 Å². The van der Waals surface area contributed by atoms with Crippen molar-refractivity contribution in [1.29, 1.82) is 0 Å². The molecule has 1 heterocycles. The molecule has 13 rings (SSSR count). The van der Waals surface area contributed by atoms with Gasteiger partial charge in [0.05, 0.1) is 11.0 Å². The van der Waals surface area contributed by atoms with Crippen LogP contribution in [0.3, 0.4) is 0 Å². The summed E-state index contributed by atoms with van der Waals surface area (Å²) in [5.74, 6) is 0.401. The largest absolute Gasteiger partial charge is 0.310 e. The van der Waals surface area contributed by atoms with Crippen LogP contribution in [-0.2, 0) is 0 Å². The minimum absolute atomic E-state index is 0.401. The number of hydrogen-bond donors (Lipinski definition) is 0. The smallest absolute Gasteiger partial charge is 0.0619 e. The monoisotopic (exact) mass is 866 g/mol. The van der Waals surface area contributed by atoms with Crippen molar-refractivity contribution in [3.8, 4) is 39.1 Å². The highest BCUT2D eigenvalue weighted by atomic mass is 15.1. The zero-order valence-corrected chi connectivity index (χ0v) is 37.5. The van der Waals surface area contributed by atoms with Crippen molar-refractivity contribution in [2.24, 2.45) is 0 Å². The fraction of sp³-hybridized carbons (Fsp3) is 0.0303. The minimum Gasteiger partial charge on any atom is -0.310 e. The fourth-order valence-corrected chi connectivity index (χ4v) is 10.8. The first-order valence-corrected chi connectivity index (χ1v) is 23.7. The Morgan fingerprint density at radius 2 is 1.06 bits per heavy atom. The second-order valence-electron chi connectivity index (χ2n) is 18.0. The molecule has 2 nitrogen and oxygen atoms in total. The third-order valence-corrected chi connectivity index (χ3v) is 14.1. The Hall–Kier alpha value is -8.72. The van der Waals surface area contributed by atoms with Crippen molar-refractivity contribution in [3.05, 3.63) is 266 Å². The number of benzene rings is 11. The molecule has 0 spiro atoms. The lowest BCUT2D eigenvalue weighted by Crippen LogP contribution is -2.10. The summed E-state index contributed by atoms with van der Waals surface area (Å²) in [6.07, 6.45) is 9.92. The van der Waals surface area contributed by atoms with Crippen LogP contribution in [0.15, 0.2) is 261 Å². The average Bonchev–Trinajstić information content (AvgIpc) is 3.77. The maximum Gasteiger partial charge on any atom is 0.0619 e. The van der Waals surface area contributed by atoms with E-state index in [1.54, 1.807) is 0 Å². The van der Waals surface area contributed by atoms with Crippen LogP contribution in [0.2, 0.25) is 0 Å². The molecule has 0 amide bonds. The lowest BCUT2D eigenvalue weighted by atomic mass is 9.90. The number of para-hydroxylation sites is 1. The Labute approximate surface area is 396 Å². The van der Waals surface area contributed by atoms with Gasteiger partial charge in [0.25, 0.3) is 0 Å². The quantitative estimate of drug-likeness (QED) is 0.138. The molecule has 0 fully saturated rings. The molecular formula is C66H46N2. The zero-order valence-electron chi connectivity index (χ0n) is 37.5. The molecule has 320 valence electrons. The summed E-state index contributed by atoms with van der Waals surface area (Å²) in [6.45, 7) is 0. The van der Waals surface area contributed by atoms with Crippen LogP contribution in [0.4, 0.5) is 17.1 Å². The van der Waals surface area contributed by atoms with E-state index in [0.29, 0.717) is 5.92 Å². The molecule has 68 heavy (non-hydrogen) atoms. The van der Waals surface area contributed by atoms with E-state index >= 15 is 0 Å². The summed E-state index contributed by atoms with van der Waals surface area (Å²) >= 11 is 0. The van der Waals surface area contributed by atoms with Crippen LogP contribution in [0.1, 0.15) is 17.9 Å². The van der Waals surface area contributed by atoms with E-state index in [1.807, 2.05) is 0 Å². The average molecular weight is 867 g/mol. The Kier molecular flexibility index (Phi) is 9.68. The van der Waals surface area contributed by atoms with Gasteiger partial charge < -0.3 is 9.47 Å². The summed E-state index contributed by atoms with van der Waals surface area (Å²) in [5.41, 5.74) is 15.4. The van der Waals surface area contributed by atoms with Crippen molar-refractivity contribution in [1.82, 2.24) is 4.57 Å². The molecular weight excluding hydrogens is 821 g/mol. The first-order valence-electron chi connectivity index (χ1n) is 23.7. The van der Waals surface area contributed by atoms with Crippen molar-refractivity contribution in [3.63, 3.8) is 0 Å². The van der Waals surface area contributed by atoms with Gasteiger partial charge in [0.2, 0.25) is 0 Å². The van der Waals surface area contributed by atoms with Crippen molar-refractivity contribution in [2.45, 2.75) is 12.3 Å². The Balaban J connectivity index is 0.959. The highest BCUT2D eigenvalue weighted by molar-refractivity contribution is 6.22. The molecule has 0 saturated carbocycles. The maximum absolute atomic E-state index is 2.45. The third kappa shape index (κ3) is 6.81. The molecule has 1 unspecified atom stereocenters. The van der Waals surface area contributed by atoms with Crippen molar-refractivity contribution < 1.29 is 0 Å². The molecule has 1 aliphatic carbocycles. The normalized spacial score (nSPS) is 13.6. The lowest BCUT2D eigenvalue weighted by Gasteiger charge is -2.26. The van der Waals surface area contributed by atoms with Gasteiger partial charge in [-0.05, 0) is 133 Å². The molecule has 11 aromatic carbocycles. The summed E-state index contributed by atoms with van der Waals surface area (Å²) in [4.78, 5) is 2.41. The second-order valence-corrected chi connectivity index (χ2v) is 18.0. The molecule has 1 aliphatic rings. The SMILES string of the molecule is C1=CCC(c2cccc(-c3ccc(N(c4ccc(-c5cc6ccccc6c6ccccc56)cc4)c4cccc(-c5cccc6c5c5ccc7ccccc7c5n6-c5ccccc5)c4)cc3)c2)C=C1. The van der Waals surface area contributed by atoms with Crippen LogP contribution < -0.4 is 4.90 Å². The molecule has 0 radical (unpaired) electrons. The molecule has 2 heteroatoms. The zero-order chi connectivity index (χ0) is 45.0. The van der Waals surface area contributed by atoms with Crippen LogP contribution in [0, 0.1) is 0 Å². The Morgan fingerprint density at radius 1 is 0.382 bits per heavy atom. The van der Waals surface area contributed by atoms with Gasteiger partial charge in [-0.15, -0.1) is 0 Å². The van der Waals surface area contributed by atoms with Gasteiger partial charge in [0.15, 0.2) is 0 Å². The summed E-state index contributed by atoms with van der Waals surface area (Å²) in [6, 6.07) is 87.2. The second kappa shape index (κ2) is 16.6. The minimum atomic E-state index is 0.401. The van der Waals surface area contributed by atoms with E-state index in [2.05, 4.69) is 270 Å². The molecule has 1 aromatic heterocycles. The van der Waals surface area contributed by atoms with E-state index in [1.165, 1.54) is 87.5 Å². The van der Waals surface area contributed by atoms with Gasteiger partial charge in [0, 0.05) is 44.8 Å². The predicted molar refractivity (Wildman–Crippen MR) is 290 cm³/mol. The van der Waals surface area contributed by atoms with E-state index in [0.717, 1.165) is 34.7 Å². The van der Waals surface area contributed by atoms with E-state index in [4.69, 9.17) is 0 Å². The number of rotatable bonds is 8. The van der Waals surface area contributed by atoms with E-state index in [9.17, 15) is 0 Å². The summed E-state index contributed by atoms with van der Waals surface area (Å²) in [7, 11) is 0. The molecule has 1 atom stereocenters. The highest BCUT2D eigenvalue weighted by Crippen LogP contribution is 2.44. The predicted octanol–water partition coefficient (Wildman–Crippen LogP) is 18.3. The van der Waals surface area contributed by atoms with Gasteiger partial charge in [-0.2, -0.15) is 0 Å². The number of allylic oxidation sites excluding steroid dienone is 4. The van der Waals surface area contributed by atoms with Crippen LogP contribution >= 0.6 is 0 Å². The standard InChI is InChI=1S/C66H46N2/c1-3-16-45(17-4-1)49-20-13-21-50(42-49)46-32-37-54(38-33-46)67(55-39-34-48(35-40-55)63-44-52-19-8-9-26-57(52)60-28-11-12-29-61(60)63)56-25-14-22-51(43-56)58-30-15-31-64-65(58)62-41-36-47-18-7-10-27-59(47)66(62)68(64)53-23-5-2-6-24-53/h1-16,18-45H,17H2. The number of fused-ring (bicyclic) bond motifs is 8. The molecule has 0 N–H and O–H groups in total. The van der Waals surface area contributed by atoms with E-state index < -0.39 is 0 Å². The van der Waals surface area contributed by atoms with Gasteiger partial charge >= 0.3 is 0 Å². The number of aromatic nitrogens is 1. The fourth-order valence-electron chi connectivity index (χ4n) is 10.8. The first kappa shape index (κ1) is 39.6. The van der Waals surface area contributed by atoms with Gasteiger partial charge in [0.1, 0.15) is 0 Å². The molecule has 0 aliphatic heterocycles. The van der Waals surface area contributed by atoms with Crippen LogP contribution in [-0.4, -0.2) is 4.57 Å².